The van der Waals surface area contributed by atoms with Crippen LogP contribution < -0.4 is 5.32 Å². The zero-order valence-electron chi connectivity index (χ0n) is 13.6. The summed E-state index contributed by atoms with van der Waals surface area (Å²) in [6.45, 7) is 1.32. The molecule has 3 N–H and O–H groups in total. The molecule has 0 aliphatic carbocycles. The number of ether oxygens (including phenoxy) is 1. The van der Waals surface area contributed by atoms with Crippen LogP contribution in [0.4, 0.5) is 11.4 Å². The van der Waals surface area contributed by atoms with Gasteiger partial charge in [0.25, 0.3) is 0 Å². The lowest BCUT2D eigenvalue weighted by Crippen LogP contribution is -2.21. The highest BCUT2D eigenvalue weighted by molar-refractivity contribution is 7.14. The maximum Gasteiger partial charge on any atom is 0.162 e. The van der Waals surface area contributed by atoms with Gasteiger partial charge in [0.15, 0.2) is 6.29 Å². The number of phenols is 1. The number of hydrogen-bond acceptors (Lipinski definition) is 6. The molecule has 2 aromatic rings. The molecule has 132 valence electrons. The van der Waals surface area contributed by atoms with Crippen LogP contribution in [0.15, 0.2) is 35.3 Å². The number of hydrogen-bond donors (Lipinski definition) is 3. The molecule has 1 aromatic heterocycles. The van der Waals surface area contributed by atoms with Crippen LogP contribution >= 0.6 is 11.3 Å². The highest BCUT2D eigenvalue weighted by atomic mass is 32.1. The van der Waals surface area contributed by atoms with Crippen molar-refractivity contribution in [2.75, 3.05) is 18.5 Å². The number of carbonyl (C=O) groups is 1. The summed E-state index contributed by atoms with van der Waals surface area (Å²) in [5, 5.41) is 22.8. The molecule has 1 aliphatic rings. The molecule has 1 saturated heterocycles. The fourth-order valence-corrected chi connectivity index (χ4v) is 3.75. The Bertz CT molecular complexity index is 736. The van der Waals surface area contributed by atoms with Crippen LogP contribution in [0, 0.1) is 5.92 Å². The first kappa shape index (κ1) is 17.6. The third-order valence-electron chi connectivity index (χ3n) is 4.17. The summed E-state index contributed by atoms with van der Waals surface area (Å²) in [6, 6.07) is 8.34. The van der Waals surface area contributed by atoms with Crippen LogP contribution in [0.1, 0.15) is 33.5 Å². The number of benzene rings is 1. The van der Waals surface area contributed by atoms with E-state index in [1.54, 1.807) is 30.3 Å². The summed E-state index contributed by atoms with van der Waals surface area (Å²) < 4.78 is 5.33. The average molecular weight is 360 g/mol. The van der Waals surface area contributed by atoms with Crippen molar-refractivity contribution in [2.24, 2.45) is 10.9 Å². The summed E-state index contributed by atoms with van der Waals surface area (Å²) in [5.74, 6) is 0.342. The zero-order chi connectivity index (χ0) is 17.6. The van der Waals surface area contributed by atoms with Crippen molar-refractivity contribution in [3.63, 3.8) is 0 Å². The number of carbonyl (C=O) groups excluding carboxylic acids is 1. The van der Waals surface area contributed by atoms with Gasteiger partial charge in [-0.15, -0.1) is 11.3 Å². The van der Waals surface area contributed by atoms with Crippen molar-refractivity contribution in [3.8, 4) is 5.75 Å². The van der Waals surface area contributed by atoms with Crippen LogP contribution in [0.3, 0.4) is 0 Å². The summed E-state index contributed by atoms with van der Waals surface area (Å²) in [5.41, 5.74) is 1.30. The van der Waals surface area contributed by atoms with Crippen LogP contribution in [-0.4, -0.2) is 36.1 Å². The van der Waals surface area contributed by atoms with Gasteiger partial charge in [0, 0.05) is 23.8 Å². The number of thiophene rings is 1. The smallest absolute Gasteiger partial charge is 0.162 e. The third-order valence-corrected chi connectivity index (χ3v) is 5.29. The predicted molar refractivity (Wildman–Crippen MR) is 98.1 cm³/mol. The van der Waals surface area contributed by atoms with Crippen molar-refractivity contribution >= 4 is 35.3 Å². The molecule has 3 rings (SSSR count). The Morgan fingerprint density at radius 1 is 1.28 bits per heavy atom. The Labute approximate surface area is 149 Å². The van der Waals surface area contributed by atoms with E-state index < -0.39 is 6.10 Å². The largest absolute Gasteiger partial charge is 0.508 e. The van der Waals surface area contributed by atoms with Crippen LogP contribution in [0.5, 0.6) is 5.75 Å². The summed E-state index contributed by atoms with van der Waals surface area (Å²) in [7, 11) is 0. The lowest BCUT2D eigenvalue weighted by molar-refractivity contribution is 0.00855. The van der Waals surface area contributed by atoms with Gasteiger partial charge in [-0.25, -0.2) is 4.99 Å². The number of aliphatic imine (C=N–C) groups is 1. The van der Waals surface area contributed by atoms with Gasteiger partial charge < -0.3 is 20.3 Å². The SMILES string of the molecule is O=Cc1sc(C(O)C2CCOCC2)cc1N=CNc1ccc(O)cc1. The van der Waals surface area contributed by atoms with Gasteiger partial charge >= 0.3 is 0 Å². The van der Waals surface area contributed by atoms with E-state index in [-0.39, 0.29) is 11.7 Å². The molecule has 0 saturated carbocycles. The first-order chi connectivity index (χ1) is 12.2. The molecule has 1 atom stereocenters. The molecule has 0 radical (unpaired) electrons. The molecule has 1 fully saturated rings. The summed E-state index contributed by atoms with van der Waals surface area (Å²) in [4.78, 5) is 16.8. The minimum absolute atomic E-state index is 0.152. The van der Waals surface area contributed by atoms with Crippen molar-refractivity contribution < 1.29 is 19.7 Å². The molecular formula is C18H20N2O4S. The van der Waals surface area contributed by atoms with E-state index >= 15 is 0 Å². The number of aliphatic hydroxyl groups excluding tert-OH is 1. The highest BCUT2D eigenvalue weighted by Crippen LogP contribution is 2.37. The van der Waals surface area contributed by atoms with Gasteiger partial charge in [0.05, 0.1) is 23.0 Å². The summed E-state index contributed by atoms with van der Waals surface area (Å²) in [6.07, 6.45) is 3.29. The van der Waals surface area contributed by atoms with Crippen molar-refractivity contribution in [1.29, 1.82) is 0 Å². The van der Waals surface area contributed by atoms with Crippen molar-refractivity contribution in [1.82, 2.24) is 0 Å². The number of aliphatic hydroxyl groups is 1. The maximum atomic E-state index is 11.3. The number of aromatic hydroxyl groups is 1. The molecule has 25 heavy (non-hydrogen) atoms. The van der Waals surface area contributed by atoms with Crippen LogP contribution in [0.2, 0.25) is 0 Å². The van der Waals surface area contributed by atoms with Gasteiger partial charge in [0.1, 0.15) is 5.75 Å². The van der Waals surface area contributed by atoms with E-state index in [0.717, 1.165) is 29.7 Å². The van der Waals surface area contributed by atoms with Gasteiger partial charge in [-0.2, -0.15) is 0 Å². The number of nitrogens with zero attached hydrogens (tertiary/aromatic N) is 1. The minimum Gasteiger partial charge on any atom is -0.508 e. The third kappa shape index (κ3) is 4.45. The Hall–Kier alpha value is -2.22. The fraction of sp³-hybridized carbons (Fsp3) is 0.333. The number of phenolic OH excluding ortho intramolecular Hbond substituents is 1. The van der Waals surface area contributed by atoms with E-state index in [1.807, 2.05) is 0 Å². The monoisotopic (exact) mass is 360 g/mol. The topological polar surface area (TPSA) is 91.2 Å². The second-order valence-electron chi connectivity index (χ2n) is 5.86. The second-order valence-corrected chi connectivity index (χ2v) is 6.98. The van der Waals surface area contributed by atoms with E-state index in [1.165, 1.54) is 17.7 Å². The number of aldehydes is 1. The number of anilines is 1. The molecular weight excluding hydrogens is 340 g/mol. The van der Waals surface area contributed by atoms with E-state index in [9.17, 15) is 15.0 Å². The van der Waals surface area contributed by atoms with Gasteiger partial charge in [-0.1, -0.05) is 0 Å². The molecule has 1 aromatic carbocycles. The van der Waals surface area contributed by atoms with Crippen LogP contribution in [0.25, 0.3) is 0 Å². The van der Waals surface area contributed by atoms with Crippen molar-refractivity contribution in [2.45, 2.75) is 18.9 Å². The van der Waals surface area contributed by atoms with Gasteiger partial charge in [-0.3, -0.25) is 4.79 Å². The predicted octanol–water partition coefficient (Wildman–Crippen LogP) is 3.50. The quantitative estimate of drug-likeness (QED) is 0.317. The standard InChI is InChI=1S/C18H20N2O4S/c21-10-17-15(20-11-19-13-1-3-14(22)4-2-13)9-16(25-17)18(23)12-5-7-24-8-6-12/h1-4,9-12,18,22-23H,5-8H2,(H,19,20). The molecule has 0 amide bonds. The van der Waals surface area contributed by atoms with Crippen molar-refractivity contribution in [3.05, 3.63) is 40.1 Å². The van der Waals surface area contributed by atoms with Gasteiger partial charge in [-0.05, 0) is 49.1 Å². The Kier molecular flexibility index (Phi) is 5.80. The molecule has 6 nitrogen and oxygen atoms in total. The normalized spacial score (nSPS) is 16.8. The molecule has 1 unspecified atom stereocenters. The molecule has 0 spiro atoms. The first-order valence-electron chi connectivity index (χ1n) is 8.10. The number of nitrogens with one attached hydrogen (secondary N) is 1. The average Bonchev–Trinajstić information content (AvgIpc) is 3.06. The lowest BCUT2D eigenvalue weighted by Gasteiger charge is -2.25. The Morgan fingerprint density at radius 3 is 2.68 bits per heavy atom. The van der Waals surface area contributed by atoms with Gasteiger partial charge in [0.2, 0.25) is 0 Å². The first-order valence-corrected chi connectivity index (χ1v) is 8.92. The summed E-state index contributed by atoms with van der Waals surface area (Å²) >= 11 is 1.28. The molecule has 1 aliphatic heterocycles. The Morgan fingerprint density at radius 2 is 2.00 bits per heavy atom. The van der Waals surface area contributed by atoms with E-state index in [0.29, 0.717) is 23.8 Å². The van der Waals surface area contributed by atoms with E-state index in [2.05, 4.69) is 10.3 Å². The van der Waals surface area contributed by atoms with E-state index in [4.69, 9.17) is 4.74 Å². The molecule has 0 bridgehead atoms. The minimum atomic E-state index is -0.596. The molecule has 7 heteroatoms. The Balaban J connectivity index is 1.70. The lowest BCUT2D eigenvalue weighted by atomic mass is 9.93. The van der Waals surface area contributed by atoms with Crippen LogP contribution in [-0.2, 0) is 4.74 Å². The second kappa shape index (κ2) is 8.24. The fourth-order valence-electron chi connectivity index (χ4n) is 2.74. The number of rotatable bonds is 6. The maximum absolute atomic E-state index is 11.3. The highest BCUT2D eigenvalue weighted by Gasteiger charge is 2.25. The zero-order valence-corrected chi connectivity index (χ0v) is 14.4. The molecule has 2 heterocycles.